The molecule has 1 aromatic heterocycles. The molecule has 9 nitrogen and oxygen atoms in total. The molecule has 0 fully saturated rings. The lowest BCUT2D eigenvalue weighted by atomic mass is 9.91. The molecule has 4 rings (SSSR count). The molecule has 1 amide bonds. The summed E-state index contributed by atoms with van der Waals surface area (Å²) in [7, 11) is -3.51. The minimum atomic E-state index is -3.51. The molecule has 0 radical (unpaired) electrons. The zero-order valence-electron chi connectivity index (χ0n) is 23.5. The van der Waals surface area contributed by atoms with Crippen LogP contribution in [0, 0.1) is 11.6 Å². The summed E-state index contributed by atoms with van der Waals surface area (Å²) in [6.45, 7) is 2.00. The van der Waals surface area contributed by atoms with Gasteiger partial charge in [-0.1, -0.05) is 30.3 Å². The quantitative estimate of drug-likeness (QED) is 0.225. The number of carbonyl (C=O) groups is 2. The van der Waals surface area contributed by atoms with E-state index in [-0.39, 0.29) is 18.6 Å². The lowest BCUT2D eigenvalue weighted by Crippen LogP contribution is -2.53. The number of hydrogen-bond acceptors (Lipinski definition) is 6. The largest absolute Gasteiger partial charge is 0.480 e. The van der Waals surface area contributed by atoms with E-state index in [2.05, 4.69) is 10.3 Å². The van der Waals surface area contributed by atoms with E-state index < -0.39 is 50.7 Å². The number of sulfone groups is 1. The van der Waals surface area contributed by atoms with E-state index in [9.17, 15) is 31.9 Å². The van der Waals surface area contributed by atoms with Gasteiger partial charge < -0.3 is 19.7 Å². The molecule has 1 unspecified atom stereocenters. The average Bonchev–Trinajstić information content (AvgIpc) is 3.48. The second-order valence-corrected chi connectivity index (χ2v) is 12.6. The van der Waals surface area contributed by atoms with Crippen molar-refractivity contribution in [1.82, 2.24) is 14.9 Å². The Morgan fingerprint density at radius 2 is 1.65 bits per heavy atom. The van der Waals surface area contributed by atoms with Crippen LogP contribution in [0.1, 0.15) is 40.9 Å². The van der Waals surface area contributed by atoms with Crippen molar-refractivity contribution >= 4 is 21.7 Å². The third kappa shape index (κ3) is 8.33. The van der Waals surface area contributed by atoms with Gasteiger partial charge in [-0.3, -0.25) is 4.79 Å². The van der Waals surface area contributed by atoms with Crippen molar-refractivity contribution in [2.24, 2.45) is 0 Å². The molecule has 0 aliphatic rings. The standard InChI is InChI=1S/C31H31F2N3O6S/c1-31(30(38)39,13-18-43(2,40)41)35-29(37)26-12-7-23(19-27(26)21-3-8-24(32)9-4-21)28(22-5-10-25(33)11-6-22)42-17-16-36-15-14-34-20-36/h3-12,14-15,19-20,28H,13,16-18H2,1-2H3,(H,35,37)(H,38,39)/t28?,31-/m0/s1. The van der Waals surface area contributed by atoms with Crippen molar-refractivity contribution < 1.29 is 36.6 Å². The van der Waals surface area contributed by atoms with Crippen molar-refractivity contribution in [3.8, 4) is 11.1 Å². The summed E-state index contributed by atoms with van der Waals surface area (Å²) < 4.78 is 59.1. The summed E-state index contributed by atoms with van der Waals surface area (Å²) in [4.78, 5) is 29.7. The number of aliphatic carboxylic acids is 1. The third-order valence-electron chi connectivity index (χ3n) is 6.95. The van der Waals surface area contributed by atoms with Crippen LogP contribution in [-0.2, 0) is 25.9 Å². The van der Waals surface area contributed by atoms with Crippen LogP contribution in [0.2, 0.25) is 0 Å². The smallest absolute Gasteiger partial charge is 0.329 e. The minimum Gasteiger partial charge on any atom is -0.480 e. The number of nitrogens with zero attached hydrogens (tertiary/aromatic N) is 2. The van der Waals surface area contributed by atoms with E-state index in [1.807, 2.05) is 4.57 Å². The van der Waals surface area contributed by atoms with Gasteiger partial charge in [-0.15, -0.1) is 0 Å². The van der Waals surface area contributed by atoms with Crippen molar-refractivity contribution in [3.63, 3.8) is 0 Å². The third-order valence-corrected chi connectivity index (χ3v) is 7.89. The van der Waals surface area contributed by atoms with Crippen molar-refractivity contribution in [2.45, 2.75) is 31.5 Å². The molecule has 2 N–H and O–H groups in total. The van der Waals surface area contributed by atoms with E-state index >= 15 is 0 Å². The number of aromatic nitrogens is 2. The van der Waals surface area contributed by atoms with Crippen LogP contribution in [0.5, 0.6) is 0 Å². The Hall–Kier alpha value is -4.42. The van der Waals surface area contributed by atoms with Gasteiger partial charge in [0.1, 0.15) is 33.1 Å². The first-order valence-corrected chi connectivity index (χ1v) is 15.4. The van der Waals surface area contributed by atoms with Crippen molar-refractivity contribution in [2.75, 3.05) is 18.6 Å². The number of benzene rings is 3. The summed E-state index contributed by atoms with van der Waals surface area (Å²) in [5.41, 5.74) is 0.276. The Balaban J connectivity index is 1.74. The number of imidazole rings is 1. The van der Waals surface area contributed by atoms with Gasteiger partial charge in [0.05, 0.1) is 18.7 Å². The fourth-order valence-corrected chi connectivity index (χ4v) is 5.22. The minimum absolute atomic E-state index is 0.0819. The zero-order valence-corrected chi connectivity index (χ0v) is 24.4. The highest BCUT2D eigenvalue weighted by molar-refractivity contribution is 7.90. The van der Waals surface area contributed by atoms with Crippen LogP contribution in [0.25, 0.3) is 11.1 Å². The summed E-state index contributed by atoms with van der Waals surface area (Å²) in [6.07, 6.45) is 5.03. The predicted molar refractivity (Wildman–Crippen MR) is 156 cm³/mol. The van der Waals surface area contributed by atoms with Crippen LogP contribution >= 0.6 is 0 Å². The highest BCUT2D eigenvalue weighted by atomic mass is 32.2. The van der Waals surface area contributed by atoms with Gasteiger partial charge in [0.2, 0.25) is 0 Å². The molecular formula is C31H31F2N3O6S. The first-order chi connectivity index (χ1) is 20.3. The first-order valence-electron chi connectivity index (χ1n) is 13.3. The lowest BCUT2D eigenvalue weighted by molar-refractivity contribution is -0.143. The molecule has 2 atom stereocenters. The van der Waals surface area contributed by atoms with E-state index in [0.717, 1.165) is 6.26 Å². The molecule has 0 bridgehead atoms. The highest BCUT2D eigenvalue weighted by Gasteiger charge is 2.36. The van der Waals surface area contributed by atoms with Crippen LogP contribution < -0.4 is 5.32 Å². The Morgan fingerprint density at radius 3 is 2.23 bits per heavy atom. The number of carbonyl (C=O) groups excluding carboxylic acids is 1. The number of rotatable bonds is 13. The van der Waals surface area contributed by atoms with Crippen LogP contribution in [-0.4, -0.2) is 59.1 Å². The van der Waals surface area contributed by atoms with Crippen LogP contribution in [0.4, 0.5) is 8.78 Å². The second-order valence-electron chi connectivity index (χ2n) is 10.4. The maximum atomic E-state index is 13.8. The monoisotopic (exact) mass is 611 g/mol. The molecule has 1 heterocycles. The average molecular weight is 612 g/mol. The van der Waals surface area contributed by atoms with E-state index in [1.165, 1.54) is 49.4 Å². The van der Waals surface area contributed by atoms with E-state index in [0.29, 0.717) is 28.8 Å². The topological polar surface area (TPSA) is 128 Å². The van der Waals surface area contributed by atoms with Crippen molar-refractivity contribution in [3.05, 3.63) is 114 Å². The van der Waals surface area contributed by atoms with Crippen LogP contribution in [0.15, 0.2) is 85.5 Å². The number of carboxylic acids is 1. The number of carboxylic acid groups (broad SMARTS) is 1. The summed E-state index contributed by atoms with van der Waals surface area (Å²) >= 11 is 0. The number of halogens is 2. The molecule has 0 aliphatic carbocycles. The van der Waals surface area contributed by atoms with Gasteiger partial charge in [0.25, 0.3) is 5.91 Å². The molecule has 0 saturated heterocycles. The molecule has 43 heavy (non-hydrogen) atoms. The molecule has 4 aromatic rings. The Labute approximate surface area is 248 Å². The first kappa shape index (κ1) is 31.5. The predicted octanol–water partition coefficient (Wildman–Crippen LogP) is 4.64. The van der Waals surface area contributed by atoms with Gasteiger partial charge in [-0.05, 0) is 72.0 Å². The van der Waals surface area contributed by atoms with Crippen molar-refractivity contribution in [1.29, 1.82) is 0 Å². The Morgan fingerprint density at radius 1 is 1.02 bits per heavy atom. The zero-order chi connectivity index (χ0) is 31.2. The van der Waals surface area contributed by atoms with Gasteiger partial charge in [-0.25, -0.2) is 27.0 Å². The van der Waals surface area contributed by atoms with E-state index in [4.69, 9.17) is 4.74 Å². The normalized spacial score (nSPS) is 13.7. The fourth-order valence-electron chi connectivity index (χ4n) is 4.44. The van der Waals surface area contributed by atoms with Gasteiger partial charge >= 0.3 is 5.97 Å². The Kier molecular flexibility index (Phi) is 9.72. The fraction of sp³-hybridized carbons (Fsp3) is 0.258. The second kappa shape index (κ2) is 13.3. The maximum absolute atomic E-state index is 13.8. The number of amides is 1. The molecular weight excluding hydrogens is 580 g/mol. The number of ether oxygens (including phenoxy) is 1. The highest BCUT2D eigenvalue weighted by Crippen LogP contribution is 2.33. The SMILES string of the molecule is C[C@@](CCS(C)(=O)=O)(NC(=O)c1ccc(C(OCCn2ccnc2)c2ccc(F)cc2)cc1-c1ccc(F)cc1)C(=O)O. The van der Waals surface area contributed by atoms with Gasteiger partial charge in [-0.2, -0.15) is 0 Å². The van der Waals surface area contributed by atoms with Gasteiger partial charge in [0.15, 0.2) is 0 Å². The summed E-state index contributed by atoms with van der Waals surface area (Å²) in [5.74, 6) is -3.51. The number of hydrogen-bond donors (Lipinski definition) is 2. The summed E-state index contributed by atoms with van der Waals surface area (Å²) in [5, 5.41) is 12.3. The van der Waals surface area contributed by atoms with Crippen LogP contribution in [0.3, 0.4) is 0 Å². The molecule has 0 spiro atoms. The van der Waals surface area contributed by atoms with Gasteiger partial charge in [0, 0.05) is 30.8 Å². The number of nitrogens with one attached hydrogen (secondary N) is 1. The maximum Gasteiger partial charge on any atom is 0.329 e. The molecule has 0 aliphatic heterocycles. The Bertz CT molecular complexity index is 1680. The molecule has 3 aromatic carbocycles. The summed E-state index contributed by atoms with van der Waals surface area (Å²) in [6, 6.07) is 16.1. The lowest BCUT2D eigenvalue weighted by Gasteiger charge is -2.27. The molecule has 226 valence electrons. The van der Waals surface area contributed by atoms with E-state index in [1.54, 1.807) is 43.0 Å². The molecule has 0 saturated carbocycles. The molecule has 12 heteroatoms.